The van der Waals surface area contributed by atoms with Gasteiger partial charge in [0.05, 0.1) is 12.2 Å². The molecule has 2 rings (SSSR count). The molecule has 80 valence electrons. The van der Waals surface area contributed by atoms with Crippen molar-refractivity contribution < 1.29 is 0 Å². The molecule has 2 N–H and O–H groups in total. The highest BCUT2D eigenvalue weighted by molar-refractivity contribution is 5.12. The van der Waals surface area contributed by atoms with Gasteiger partial charge in [0.2, 0.25) is 0 Å². The van der Waals surface area contributed by atoms with Crippen LogP contribution in [0.3, 0.4) is 0 Å². The second-order valence-electron chi connectivity index (χ2n) is 4.07. The van der Waals surface area contributed by atoms with E-state index < -0.39 is 0 Å². The standard InChI is InChI=1S/C10H15N5/c11-5-8-1-3-10(4-2-8)15-13-7-9(6-12)14-15/h7-8,10H,1-5,11H2. The predicted molar refractivity (Wildman–Crippen MR) is 54.8 cm³/mol. The van der Waals surface area contributed by atoms with Gasteiger partial charge in [0.1, 0.15) is 6.07 Å². The van der Waals surface area contributed by atoms with Crippen LogP contribution >= 0.6 is 0 Å². The third-order valence-electron chi connectivity index (χ3n) is 3.10. The predicted octanol–water partition coefficient (Wildman–Crippen LogP) is 0.840. The molecule has 0 bridgehead atoms. The van der Waals surface area contributed by atoms with E-state index in [2.05, 4.69) is 10.2 Å². The first kappa shape index (κ1) is 10.1. The van der Waals surface area contributed by atoms with E-state index in [1.54, 1.807) is 4.80 Å². The lowest BCUT2D eigenvalue weighted by molar-refractivity contribution is 0.247. The summed E-state index contributed by atoms with van der Waals surface area (Å²) >= 11 is 0. The third-order valence-corrected chi connectivity index (χ3v) is 3.10. The Bertz CT molecular complexity index is 356. The van der Waals surface area contributed by atoms with Crippen LogP contribution in [0, 0.1) is 17.2 Å². The maximum absolute atomic E-state index is 8.65. The highest BCUT2D eigenvalue weighted by atomic mass is 15.5. The zero-order chi connectivity index (χ0) is 10.7. The molecule has 1 aromatic heterocycles. The van der Waals surface area contributed by atoms with E-state index in [-0.39, 0.29) is 0 Å². The Balaban J connectivity index is 1.98. The van der Waals surface area contributed by atoms with E-state index in [1.807, 2.05) is 6.07 Å². The molecule has 0 aromatic carbocycles. The van der Waals surface area contributed by atoms with Gasteiger partial charge >= 0.3 is 0 Å². The summed E-state index contributed by atoms with van der Waals surface area (Å²) in [6, 6.07) is 2.35. The van der Waals surface area contributed by atoms with Gasteiger partial charge < -0.3 is 5.73 Å². The van der Waals surface area contributed by atoms with Crippen LogP contribution in [-0.4, -0.2) is 21.5 Å². The molecule has 0 saturated heterocycles. The van der Waals surface area contributed by atoms with Gasteiger partial charge in [0.15, 0.2) is 5.69 Å². The van der Waals surface area contributed by atoms with Crippen molar-refractivity contribution in [3.05, 3.63) is 11.9 Å². The van der Waals surface area contributed by atoms with Gasteiger partial charge in [-0.3, -0.25) is 0 Å². The van der Waals surface area contributed by atoms with Crippen LogP contribution in [0.4, 0.5) is 0 Å². The Morgan fingerprint density at radius 3 is 2.73 bits per heavy atom. The highest BCUT2D eigenvalue weighted by Gasteiger charge is 2.22. The van der Waals surface area contributed by atoms with E-state index >= 15 is 0 Å². The van der Waals surface area contributed by atoms with Crippen LogP contribution in [-0.2, 0) is 0 Å². The molecule has 1 fully saturated rings. The van der Waals surface area contributed by atoms with E-state index in [0.29, 0.717) is 17.7 Å². The molecule has 15 heavy (non-hydrogen) atoms. The monoisotopic (exact) mass is 205 g/mol. The number of nitriles is 1. The lowest BCUT2D eigenvalue weighted by Gasteiger charge is -2.26. The highest BCUT2D eigenvalue weighted by Crippen LogP contribution is 2.30. The van der Waals surface area contributed by atoms with E-state index in [1.165, 1.54) is 6.20 Å². The molecule has 0 aliphatic heterocycles. The number of hydrogen-bond donors (Lipinski definition) is 1. The number of hydrogen-bond acceptors (Lipinski definition) is 4. The van der Waals surface area contributed by atoms with Crippen LogP contribution in [0.25, 0.3) is 0 Å². The zero-order valence-electron chi connectivity index (χ0n) is 8.63. The second kappa shape index (κ2) is 4.41. The van der Waals surface area contributed by atoms with Crippen molar-refractivity contribution in [2.45, 2.75) is 31.7 Å². The maximum Gasteiger partial charge on any atom is 0.182 e. The van der Waals surface area contributed by atoms with Crippen LogP contribution in [0.1, 0.15) is 37.4 Å². The van der Waals surface area contributed by atoms with Gasteiger partial charge in [-0.25, -0.2) is 0 Å². The topological polar surface area (TPSA) is 80.5 Å². The molecule has 1 heterocycles. The Morgan fingerprint density at radius 2 is 2.20 bits per heavy atom. The number of nitrogens with two attached hydrogens (primary N) is 1. The fourth-order valence-electron chi connectivity index (χ4n) is 2.11. The minimum atomic E-state index is 0.356. The minimum absolute atomic E-state index is 0.356. The molecule has 0 unspecified atom stereocenters. The van der Waals surface area contributed by atoms with Crippen LogP contribution in [0.5, 0.6) is 0 Å². The van der Waals surface area contributed by atoms with Crippen molar-refractivity contribution in [3.63, 3.8) is 0 Å². The Morgan fingerprint density at radius 1 is 1.47 bits per heavy atom. The van der Waals surface area contributed by atoms with Gasteiger partial charge in [-0.2, -0.15) is 15.2 Å². The molecule has 0 amide bonds. The van der Waals surface area contributed by atoms with Gasteiger partial charge in [-0.1, -0.05) is 0 Å². The van der Waals surface area contributed by atoms with Crippen molar-refractivity contribution in [3.8, 4) is 6.07 Å². The molecular weight excluding hydrogens is 190 g/mol. The Labute approximate surface area is 88.9 Å². The van der Waals surface area contributed by atoms with E-state index in [4.69, 9.17) is 11.0 Å². The van der Waals surface area contributed by atoms with Gasteiger partial charge in [0.25, 0.3) is 0 Å². The van der Waals surface area contributed by atoms with Gasteiger partial charge in [0, 0.05) is 0 Å². The molecule has 0 spiro atoms. The summed E-state index contributed by atoms with van der Waals surface area (Å²) < 4.78 is 0. The summed E-state index contributed by atoms with van der Waals surface area (Å²) in [6.07, 6.45) is 5.95. The smallest absolute Gasteiger partial charge is 0.182 e. The van der Waals surface area contributed by atoms with Crippen molar-refractivity contribution in [1.29, 1.82) is 5.26 Å². The first-order chi connectivity index (χ1) is 7.33. The zero-order valence-corrected chi connectivity index (χ0v) is 8.63. The van der Waals surface area contributed by atoms with Crippen molar-refractivity contribution in [2.75, 3.05) is 6.54 Å². The van der Waals surface area contributed by atoms with E-state index in [0.717, 1.165) is 32.2 Å². The molecule has 1 aliphatic carbocycles. The largest absolute Gasteiger partial charge is 0.330 e. The van der Waals surface area contributed by atoms with Crippen molar-refractivity contribution in [1.82, 2.24) is 15.0 Å². The van der Waals surface area contributed by atoms with Crippen LogP contribution < -0.4 is 5.73 Å². The average Bonchev–Trinajstić information content (AvgIpc) is 2.78. The number of aromatic nitrogens is 3. The van der Waals surface area contributed by atoms with Crippen molar-refractivity contribution >= 4 is 0 Å². The fraction of sp³-hybridized carbons (Fsp3) is 0.700. The summed E-state index contributed by atoms with van der Waals surface area (Å²) in [5.41, 5.74) is 6.03. The fourth-order valence-corrected chi connectivity index (χ4v) is 2.11. The normalized spacial score (nSPS) is 26.1. The van der Waals surface area contributed by atoms with E-state index in [9.17, 15) is 0 Å². The number of rotatable bonds is 2. The molecule has 1 aliphatic rings. The molecule has 5 heteroatoms. The van der Waals surface area contributed by atoms with Crippen LogP contribution in [0.2, 0.25) is 0 Å². The first-order valence-electron chi connectivity index (χ1n) is 5.35. The van der Waals surface area contributed by atoms with Gasteiger partial charge in [-0.15, -0.1) is 5.10 Å². The summed E-state index contributed by atoms with van der Waals surface area (Å²) in [7, 11) is 0. The quantitative estimate of drug-likeness (QED) is 0.775. The molecular formula is C10H15N5. The molecule has 0 atom stereocenters. The Hall–Kier alpha value is -1.41. The minimum Gasteiger partial charge on any atom is -0.330 e. The molecule has 5 nitrogen and oxygen atoms in total. The summed E-state index contributed by atoms with van der Waals surface area (Å²) in [6.45, 7) is 0.780. The average molecular weight is 205 g/mol. The maximum atomic E-state index is 8.65. The lowest BCUT2D eigenvalue weighted by Crippen LogP contribution is -2.24. The SMILES string of the molecule is N#Cc1cnn(C2CCC(CN)CC2)n1. The molecule has 0 radical (unpaired) electrons. The second-order valence-corrected chi connectivity index (χ2v) is 4.07. The number of nitrogens with zero attached hydrogens (tertiary/aromatic N) is 4. The van der Waals surface area contributed by atoms with Gasteiger partial charge in [-0.05, 0) is 38.1 Å². The summed E-state index contributed by atoms with van der Waals surface area (Å²) in [4.78, 5) is 1.69. The lowest BCUT2D eigenvalue weighted by atomic mass is 9.86. The molecule has 1 saturated carbocycles. The van der Waals surface area contributed by atoms with Crippen LogP contribution in [0.15, 0.2) is 6.20 Å². The third kappa shape index (κ3) is 2.16. The van der Waals surface area contributed by atoms with Crippen molar-refractivity contribution in [2.24, 2.45) is 11.7 Å². The first-order valence-corrected chi connectivity index (χ1v) is 5.35. The molecule has 1 aromatic rings. The summed E-state index contributed by atoms with van der Waals surface area (Å²) in [5, 5.41) is 16.9. The summed E-state index contributed by atoms with van der Waals surface area (Å²) in [5.74, 6) is 0.659. The Kier molecular flexibility index (Phi) is 2.97.